The van der Waals surface area contributed by atoms with Gasteiger partial charge < -0.3 is 20.5 Å². The molecule has 0 bridgehead atoms. The van der Waals surface area contributed by atoms with Gasteiger partial charge in [0.15, 0.2) is 11.4 Å². The Kier molecular flexibility index (Phi) is 5.40. The molecule has 3 N–H and O–H groups in total. The normalized spacial score (nSPS) is 21.5. The molecule has 2 heterocycles. The van der Waals surface area contributed by atoms with E-state index in [1.165, 1.54) is 18.3 Å². The van der Waals surface area contributed by atoms with Gasteiger partial charge in [-0.1, -0.05) is 0 Å². The van der Waals surface area contributed by atoms with Gasteiger partial charge in [-0.15, -0.1) is 0 Å². The molecule has 1 aromatic rings. The number of nitrogens with one attached hydrogen (secondary N) is 2. The van der Waals surface area contributed by atoms with Crippen LogP contribution in [-0.2, 0) is 0 Å². The van der Waals surface area contributed by atoms with Gasteiger partial charge in [0.25, 0.3) is 12.3 Å². The molecule has 1 saturated heterocycles. The van der Waals surface area contributed by atoms with E-state index in [4.69, 9.17) is 4.74 Å². The van der Waals surface area contributed by atoms with E-state index in [-0.39, 0.29) is 23.9 Å². The highest BCUT2D eigenvalue weighted by molar-refractivity contribution is 5.94. The van der Waals surface area contributed by atoms with E-state index in [1.807, 2.05) is 0 Å². The van der Waals surface area contributed by atoms with Crippen LogP contribution in [0.5, 0.6) is 5.75 Å². The van der Waals surface area contributed by atoms with Crippen molar-refractivity contribution in [1.29, 1.82) is 0 Å². The average Bonchev–Trinajstić information content (AvgIpc) is 2.88. The van der Waals surface area contributed by atoms with E-state index in [9.17, 15) is 18.7 Å². The summed E-state index contributed by atoms with van der Waals surface area (Å²) >= 11 is 0. The van der Waals surface area contributed by atoms with Gasteiger partial charge in [-0.25, -0.2) is 13.8 Å². The summed E-state index contributed by atoms with van der Waals surface area (Å²) < 4.78 is 29.2. The molecule has 2 atom stereocenters. The third-order valence-electron chi connectivity index (χ3n) is 3.18. The molecule has 0 aromatic carbocycles. The Morgan fingerprint density at radius 1 is 1.57 bits per heavy atom. The number of rotatable bonds is 6. The van der Waals surface area contributed by atoms with Gasteiger partial charge in [-0.3, -0.25) is 4.79 Å². The number of nitrogens with zero attached hydrogens (tertiary/aromatic N) is 1. The van der Waals surface area contributed by atoms with E-state index >= 15 is 0 Å². The van der Waals surface area contributed by atoms with Gasteiger partial charge in [-0.2, -0.15) is 0 Å². The summed E-state index contributed by atoms with van der Waals surface area (Å²) in [6.07, 6.45) is -1.75. The number of hydrogen-bond acceptors (Lipinski definition) is 5. The summed E-state index contributed by atoms with van der Waals surface area (Å²) in [4.78, 5) is 15.9. The number of β-amino-alcohol motifs (C(OH)–C–C–N with tert-alkyl or cyclic N) is 1. The van der Waals surface area contributed by atoms with Crippen molar-refractivity contribution in [3.63, 3.8) is 0 Å². The highest BCUT2D eigenvalue weighted by Crippen LogP contribution is 2.16. The first kappa shape index (κ1) is 15.6. The number of ether oxygens (including phenoxy) is 1. The van der Waals surface area contributed by atoms with Crippen molar-refractivity contribution in [1.82, 2.24) is 15.6 Å². The summed E-state index contributed by atoms with van der Waals surface area (Å²) in [6, 6.07) is 2.92. The van der Waals surface area contributed by atoms with Gasteiger partial charge in [-0.05, 0) is 12.1 Å². The number of carbonyl (C=O) groups excluding carboxylic acids is 1. The highest BCUT2D eigenvalue weighted by Gasteiger charge is 2.26. The first-order valence-electron chi connectivity index (χ1n) is 6.61. The summed E-state index contributed by atoms with van der Waals surface area (Å²) in [5.41, 5.74) is -0.0430. The molecule has 2 unspecified atom stereocenters. The molecule has 1 amide bonds. The lowest BCUT2D eigenvalue weighted by Crippen LogP contribution is -2.35. The second-order valence-electron chi connectivity index (χ2n) is 4.75. The zero-order valence-electron chi connectivity index (χ0n) is 11.3. The largest absolute Gasteiger partial charge is 0.485 e. The number of aromatic nitrogens is 1. The lowest BCUT2D eigenvalue weighted by molar-refractivity contribution is 0.0786. The predicted octanol–water partition coefficient (Wildman–Crippen LogP) is 0.0356. The number of carbonyl (C=O) groups is 1. The molecule has 0 radical (unpaired) electrons. The number of pyridine rings is 1. The fourth-order valence-corrected chi connectivity index (χ4v) is 2.07. The molecule has 116 valence electrons. The number of hydrogen-bond donors (Lipinski definition) is 3. The molecule has 1 aliphatic rings. The number of aliphatic hydroxyl groups is 1. The van der Waals surface area contributed by atoms with E-state index < -0.39 is 25.0 Å². The first-order chi connectivity index (χ1) is 10.1. The number of aliphatic hydroxyl groups excluding tert-OH is 1. The van der Waals surface area contributed by atoms with Gasteiger partial charge in [0.2, 0.25) is 0 Å². The highest BCUT2D eigenvalue weighted by atomic mass is 19.3. The van der Waals surface area contributed by atoms with Crippen molar-refractivity contribution >= 4 is 5.91 Å². The maximum absolute atomic E-state index is 12.2. The summed E-state index contributed by atoms with van der Waals surface area (Å²) in [7, 11) is 0. The van der Waals surface area contributed by atoms with Crippen LogP contribution < -0.4 is 15.4 Å². The molecule has 1 fully saturated rings. The molecule has 2 rings (SSSR count). The fourth-order valence-electron chi connectivity index (χ4n) is 2.07. The Bertz CT molecular complexity index is 487. The molecule has 0 spiro atoms. The fraction of sp³-hybridized carbons (Fsp3) is 0.538. The predicted molar refractivity (Wildman–Crippen MR) is 70.4 cm³/mol. The summed E-state index contributed by atoms with van der Waals surface area (Å²) in [5, 5.41) is 15.3. The molecule has 21 heavy (non-hydrogen) atoms. The molecule has 6 nitrogen and oxygen atoms in total. The lowest BCUT2D eigenvalue weighted by Gasteiger charge is -2.15. The maximum Gasteiger partial charge on any atom is 0.273 e. The Labute approximate surface area is 120 Å². The second-order valence-corrected chi connectivity index (χ2v) is 4.75. The van der Waals surface area contributed by atoms with Gasteiger partial charge >= 0.3 is 0 Å². The van der Waals surface area contributed by atoms with Gasteiger partial charge in [0.05, 0.1) is 6.10 Å². The van der Waals surface area contributed by atoms with Crippen molar-refractivity contribution < 1.29 is 23.4 Å². The van der Waals surface area contributed by atoms with Crippen LogP contribution in [0, 0.1) is 5.92 Å². The van der Waals surface area contributed by atoms with Crippen LogP contribution in [-0.4, -0.2) is 54.8 Å². The van der Waals surface area contributed by atoms with Crippen LogP contribution >= 0.6 is 0 Å². The standard InChI is InChI=1S/C13H17F2N3O3/c14-11(15)7-21-10-2-1-3-17-12(10)13(20)18-5-8-4-16-6-9(8)19/h1-3,8-9,11,16,19H,4-7H2,(H,18,20). The Hall–Kier alpha value is -1.80. The van der Waals surface area contributed by atoms with Crippen molar-refractivity contribution in [3.05, 3.63) is 24.0 Å². The molecule has 1 aromatic heterocycles. The average molecular weight is 301 g/mol. The minimum Gasteiger partial charge on any atom is -0.485 e. The van der Waals surface area contributed by atoms with Gasteiger partial charge in [0.1, 0.15) is 6.61 Å². The van der Waals surface area contributed by atoms with Crippen molar-refractivity contribution in [2.45, 2.75) is 12.5 Å². The van der Waals surface area contributed by atoms with Crippen LogP contribution in [0.3, 0.4) is 0 Å². The van der Waals surface area contributed by atoms with E-state index in [2.05, 4.69) is 15.6 Å². The van der Waals surface area contributed by atoms with Crippen molar-refractivity contribution in [3.8, 4) is 5.75 Å². The van der Waals surface area contributed by atoms with E-state index in [0.717, 1.165) is 0 Å². The zero-order valence-corrected chi connectivity index (χ0v) is 11.3. The Morgan fingerprint density at radius 2 is 2.38 bits per heavy atom. The molecule has 8 heteroatoms. The van der Waals surface area contributed by atoms with Crippen molar-refractivity contribution in [2.24, 2.45) is 5.92 Å². The van der Waals surface area contributed by atoms with Crippen LogP contribution in [0.15, 0.2) is 18.3 Å². The van der Waals surface area contributed by atoms with Crippen LogP contribution in [0.2, 0.25) is 0 Å². The van der Waals surface area contributed by atoms with Gasteiger partial charge in [0, 0.05) is 31.7 Å². The van der Waals surface area contributed by atoms with Crippen LogP contribution in [0.25, 0.3) is 0 Å². The summed E-state index contributed by atoms with van der Waals surface area (Å²) in [5.74, 6) is -0.581. The topological polar surface area (TPSA) is 83.5 Å². The summed E-state index contributed by atoms with van der Waals surface area (Å²) in [6.45, 7) is 0.584. The third-order valence-corrected chi connectivity index (χ3v) is 3.18. The minimum absolute atomic E-state index is 0.0143. The van der Waals surface area contributed by atoms with E-state index in [1.54, 1.807) is 0 Å². The minimum atomic E-state index is -2.62. The molecule has 0 aliphatic carbocycles. The Morgan fingerprint density at radius 3 is 3.05 bits per heavy atom. The van der Waals surface area contributed by atoms with Crippen LogP contribution in [0.1, 0.15) is 10.5 Å². The first-order valence-corrected chi connectivity index (χ1v) is 6.61. The molecule has 1 aliphatic heterocycles. The third kappa shape index (κ3) is 4.33. The van der Waals surface area contributed by atoms with Crippen LogP contribution in [0.4, 0.5) is 8.78 Å². The second kappa shape index (κ2) is 7.28. The van der Waals surface area contributed by atoms with Crippen molar-refractivity contribution in [2.75, 3.05) is 26.2 Å². The number of halogens is 2. The number of amides is 1. The monoisotopic (exact) mass is 301 g/mol. The smallest absolute Gasteiger partial charge is 0.273 e. The molecular formula is C13H17F2N3O3. The maximum atomic E-state index is 12.2. The Balaban J connectivity index is 1.95. The SMILES string of the molecule is O=C(NCC1CNCC1O)c1ncccc1OCC(F)F. The van der Waals surface area contributed by atoms with E-state index in [0.29, 0.717) is 13.1 Å². The number of alkyl halides is 2. The lowest BCUT2D eigenvalue weighted by atomic mass is 10.1. The zero-order chi connectivity index (χ0) is 15.2. The molecular weight excluding hydrogens is 284 g/mol. The molecule has 0 saturated carbocycles. The quantitative estimate of drug-likeness (QED) is 0.691.